The Balaban J connectivity index is 1.82. The molecule has 1 aromatic carbocycles. The van der Waals surface area contributed by atoms with Gasteiger partial charge in [0.1, 0.15) is 5.82 Å². The van der Waals surface area contributed by atoms with Crippen molar-refractivity contribution in [1.82, 2.24) is 19.3 Å². The van der Waals surface area contributed by atoms with E-state index >= 15 is 0 Å². The molecule has 0 unspecified atom stereocenters. The van der Waals surface area contributed by atoms with E-state index in [1.807, 2.05) is 16.9 Å². The van der Waals surface area contributed by atoms with Gasteiger partial charge in [0, 0.05) is 12.2 Å². The highest BCUT2D eigenvalue weighted by atomic mass is 15.3. The number of aromatic nitrogens is 4. The smallest absolute Gasteiger partial charge is 0.131 e. The Hall–Kier alpha value is -2.30. The Morgan fingerprint density at radius 3 is 2.84 bits per heavy atom. The first kappa shape index (κ1) is 10.6. The lowest BCUT2D eigenvalue weighted by molar-refractivity contribution is 0.608. The number of para-hydroxylation sites is 2. The predicted octanol–water partition coefficient (Wildman–Crippen LogP) is 2.20. The third-order valence-corrected chi connectivity index (χ3v) is 3.54. The summed E-state index contributed by atoms with van der Waals surface area (Å²) in [6.07, 6.45) is 6.00. The molecule has 0 amide bonds. The molecule has 5 nitrogen and oxygen atoms in total. The number of nitrogens with two attached hydrogens (primary N) is 1. The lowest BCUT2D eigenvalue weighted by Gasteiger charge is -2.07. The predicted molar refractivity (Wildman–Crippen MR) is 73.7 cm³/mol. The normalized spacial score (nSPS) is 15.2. The summed E-state index contributed by atoms with van der Waals surface area (Å²) in [7, 11) is 0. The van der Waals surface area contributed by atoms with Crippen molar-refractivity contribution in [3.8, 4) is 0 Å². The van der Waals surface area contributed by atoms with Crippen molar-refractivity contribution in [2.24, 2.45) is 0 Å². The molecule has 3 aromatic rings. The van der Waals surface area contributed by atoms with Crippen molar-refractivity contribution in [3.05, 3.63) is 42.5 Å². The Labute approximate surface area is 110 Å². The maximum atomic E-state index is 5.71. The molecule has 0 atom stereocenters. The fourth-order valence-corrected chi connectivity index (χ4v) is 2.56. The van der Waals surface area contributed by atoms with Crippen molar-refractivity contribution in [2.75, 3.05) is 5.73 Å². The van der Waals surface area contributed by atoms with Gasteiger partial charge in [-0.05, 0) is 25.0 Å². The second-order valence-corrected chi connectivity index (χ2v) is 5.09. The lowest BCUT2D eigenvalue weighted by Crippen LogP contribution is -2.08. The molecule has 1 aliphatic rings. The zero-order chi connectivity index (χ0) is 12.8. The van der Waals surface area contributed by atoms with E-state index in [-0.39, 0.29) is 0 Å². The zero-order valence-corrected chi connectivity index (χ0v) is 10.5. The van der Waals surface area contributed by atoms with E-state index in [1.54, 1.807) is 6.20 Å². The van der Waals surface area contributed by atoms with Crippen LogP contribution in [0.2, 0.25) is 0 Å². The first-order valence-corrected chi connectivity index (χ1v) is 6.55. The van der Waals surface area contributed by atoms with Crippen LogP contribution in [-0.2, 0) is 6.54 Å². The summed E-state index contributed by atoms with van der Waals surface area (Å²) in [6.45, 7) is 0.669. The van der Waals surface area contributed by atoms with E-state index in [9.17, 15) is 0 Å². The summed E-state index contributed by atoms with van der Waals surface area (Å²) in [5.74, 6) is 1.06. The minimum atomic E-state index is 0.607. The number of benzene rings is 1. The molecule has 5 heteroatoms. The summed E-state index contributed by atoms with van der Waals surface area (Å²) in [5.41, 5.74) is 8.68. The Morgan fingerprint density at radius 2 is 2.11 bits per heavy atom. The fraction of sp³-hybridized carbons (Fsp3) is 0.286. The summed E-state index contributed by atoms with van der Waals surface area (Å²) in [6, 6.07) is 8.91. The largest absolute Gasteiger partial charge is 0.396 e. The van der Waals surface area contributed by atoms with Crippen molar-refractivity contribution >= 4 is 16.7 Å². The number of nitrogens with zero attached hydrogens (tertiary/aromatic N) is 4. The van der Waals surface area contributed by atoms with Gasteiger partial charge in [0.15, 0.2) is 0 Å². The molecule has 96 valence electrons. The van der Waals surface area contributed by atoms with Gasteiger partial charge in [-0.15, -0.1) is 0 Å². The van der Waals surface area contributed by atoms with E-state index < -0.39 is 0 Å². The molecule has 0 radical (unpaired) electrons. The number of nitrogen functional groups attached to an aromatic ring is 1. The van der Waals surface area contributed by atoms with Crippen LogP contribution in [0.1, 0.15) is 24.7 Å². The molecule has 0 spiro atoms. The van der Waals surface area contributed by atoms with Crippen LogP contribution >= 0.6 is 0 Å². The quantitative estimate of drug-likeness (QED) is 0.778. The molecule has 2 aromatic heterocycles. The minimum Gasteiger partial charge on any atom is -0.396 e. The summed E-state index contributed by atoms with van der Waals surface area (Å²) in [4.78, 5) is 4.74. The average Bonchev–Trinajstić information content (AvgIpc) is 3.06. The van der Waals surface area contributed by atoms with Crippen molar-refractivity contribution < 1.29 is 0 Å². The molecule has 0 saturated heterocycles. The standard InChI is InChI=1S/C14H15N5/c15-10-7-16-18(8-10)9-14-17-12-3-1-2-4-13(12)19(14)11-5-6-11/h1-4,7-8,11H,5-6,9,15H2. The Morgan fingerprint density at radius 1 is 1.26 bits per heavy atom. The highest BCUT2D eigenvalue weighted by Gasteiger charge is 2.28. The number of rotatable bonds is 3. The third-order valence-electron chi connectivity index (χ3n) is 3.54. The topological polar surface area (TPSA) is 61.7 Å². The van der Waals surface area contributed by atoms with Gasteiger partial charge in [-0.25, -0.2) is 4.98 Å². The van der Waals surface area contributed by atoms with Crippen LogP contribution in [-0.4, -0.2) is 19.3 Å². The maximum Gasteiger partial charge on any atom is 0.131 e. The molecule has 2 heterocycles. The number of fused-ring (bicyclic) bond motifs is 1. The monoisotopic (exact) mass is 253 g/mol. The van der Waals surface area contributed by atoms with Crippen molar-refractivity contribution in [1.29, 1.82) is 0 Å². The van der Waals surface area contributed by atoms with Crippen molar-refractivity contribution in [3.63, 3.8) is 0 Å². The second kappa shape index (κ2) is 3.85. The molecular weight excluding hydrogens is 238 g/mol. The first-order valence-electron chi connectivity index (χ1n) is 6.55. The fourth-order valence-electron chi connectivity index (χ4n) is 2.56. The molecule has 1 saturated carbocycles. The molecule has 19 heavy (non-hydrogen) atoms. The van der Waals surface area contributed by atoms with E-state index in [2.05, 4.69) is 27.9 Å². The van der Waals surface area contributed by atoms with Crippen molar-refractivity contribution in [2.45, 2.75) is 25.4 Å². The SMILES string of the molecule is Nc1cnn(Cc2nc3ccccc3n2C2CC2)c1. The molecule has 0 bridgehead atoms. The minimum absolute atomic E-state index is 0.607. The van der Waals surface area contributed by atoms with Gasteiger partial charge in [0.25, 0.3) is 0 Å². The van der Waals surface area contributed by atoms with E-state index in [4.69, 9.17) is 10.7 Å². The number of hydrogen-bond acceptors (Lipinski definition) is 3. The van der Waals surface area contributed by atoms with Gasteiger partial charge >= 0.3 is 0 Å². The molecule has 0 aliphatic heterocycles. The first-order chi connectivity index (χ1) is 9.31. The number of hydrogen-bond donors (Lipinski definition) is 1. The number of imidazole rings is 1. The average molecular weight is 253 g/mol. The van der Waals surface area contributed by atoms with E-state index in [1.165, 1.54) is 18.4 Å². The summed E-state index contributed by atoms with van der Waals surface area (Å²) < 4.78 is 4.20. The second-order valence-electron chi connectivity index (χ2n) is 5.09. The van der Waals surface area contributed by atoms with Crippen LogP contribution in [0.3, 0.4) is 0 Å². The lowest BCUT2D eigenvalue weighted by atomic mass is 10.3. The molecule has 4 rings (SSSR count). The van der Waals surface area contributed by atoms with Gasteiger partial charge < -0.3 is 10.3 Å². The number of anilines is 1. The van der Waals surface area contributed by atoms with Gasteiger partial charge in [-0.1, -0.05) is 12.1 Å². The van der Waals surface area contributed by atoms with Crippen LogP contribution in [0.25, 0.3) is 11.0 Å². The summed E-state index contributed by atoms with van der Waals surface area (Å²) in [5, 5.41) is 4.24. The molecular formula is C14H15N5. The van der Waals surface area contributed by atoms with Crippen LogP contribution < -0.4 is 5.73 Å². The summed E-state index contributed by atoms with van der Waals surface area (Å²) >= 11 is 0. The Kier molecular flexibility index (Phi) is 2.15. The van der Waals surface area contributed by atoms with Gasteiger partial charge in [0.05, 0.1) is 29.5 Å². The van der Waals surface area contributed by atoms with E-state index in [0.717, 1.165) is 11.3 Å². The molecule has 2 N–H and O–H groups in total. The zero-order valence-electron chi connectivity index (χ0n) is 10.5. The maximum absolute atomic E-state index is 5.71. The highest BCUT2D eigenvalue weighted by molar-refractivity contribution is 5.76. The van der Waals surface area contributed by atoms with Crippen LogP contribution in [0.15, 0.2) is 36.7 Å². The van der Waals surface area contributed by atoms with Crippen LogP contribution in [0.5, 0.6) is 0 Å². The van der Waals surface area contributed by atoms with Crippen LogP contribution in [0, 0.1) is 0 Å². The highest BCUT2D eigenvalue weighted by Crippen LogP contribution is 2.38. The van der Waals surface area contributed by atoms with Gasteiger partial charge in [-0.2, -0.15) is 5.10 Å². The molecule has 1 fully saturated rings. The molecule has 1 aliphatic carbocycles. The Bertz CT molecular complexity index is 735. The van der Waals surface area contributed by atoms with Gasteiger partial charge in [-0.3, -0.25) is 4.68 Å². The van der Waals surface area contributed by atoms with Crippen LogP contribution in [0.4, 0.5) is 5.69 Å². The third kappa shape index (κ3) is 1.78. The van der Waals surface area contributed by atoms with E-state index in [0.29, 0.717) is 18.3 Å². The van der Waals surface area contributed by atoms with Gasteiger partial charge in [0.2, 0.25) is 0 Å².